The van der Waals surface area contributed by atoms with Crippen LogP contribution in [-0.4, -0.2) is 30.0 Å². The average molecular weight is 287 g/mol. The number of carbonyl (C=O) groups is 1. The first kappa shape index (κ1) is 13.2. The van der Waals surface area contributed by atoms with Crippen LogP contribution in [0.15, 0.2) is 47.8 Å². The highest BCUT2D eigenvalue weighted by atomic mass is 32.1. The van der Waals surface area contributed by atoms with E-state index in [1.54, 1.807) is 0 Å². The molecule has 0 radical (unpaired) electrons. The first-order valence-corrected chi connectivity index (χ1v) is 7.75. The molecule has 1 aromatic heterocycles. The Bertz CT molecular complexity index is 545. The zero-order chi connectivity index (χ0) is 13.8. The van der Waals surface area contributed by atoms with Crippen LogP contribution < -0.4 is 4.74 Å². The fourth-order valence-corrected chi connectivity index (χ4v) is 3.12. The topological polar surface area (TPSA) is 29.5 Å². The van der Waals surface area contributed by atoms with Gasteiger partial charge >= 0.3 is 0 Å². The van der Waals surface area contributed by atoms with Crippen LogP contribution in [0.5, 0.6) is 5.75 Å². The molecule has 1 aliphatic heterocycles. The number of amides is 1. The molecule has 3 rings (SSSR count). The first-order valence-electron chi connectivity index (χ1n) is 6.87. The summed E-state index contributed by atoms with van der Waals surface area (Å²) in [4.78, 5) is 15.0. The molecule has 1 aromatic carbocycles. The van der Waals surface area contributed by atoms with Crippen molar-refractivity contribution in [2.45, 2.75) is 18.9 Å². The fraction of sp³-hybridized carbons (Fsp3) is 0.312. The van der Waals surface area contributed by atoms with E-state index < -0.39 is 0 Å². The second-order valence-electron chi connectivity index (χ2n) is 4.90. The predicted octanol–water partition coefficient (Wildman–Crippen LogP) is 3.43. The summed E-state index contributed by atoms with van der Waals surface area (Å²) in [5.41, 5.74) is 0. The Kier molecular flexibility index (Phi) is 4.02. The van der Waals surface area contributed by atoms with Crippen LogP contribution in [0.3, 0.4) is 0 Å². The summed E-state index contributed by atoms with van der Waals surface area (Å²) in [6.07, 6.45) is 2.00. The Balaban J connectivity index is 1.53. The summed E-state index contributed by atoms with van der Waals surface area (Å²) < 4.78 is 5.94. The van der Waals surface area contributed by atoms with Crippen LogP contribution in [-0.2, 0) is 0 Å². The molecule has 2 aromatic rings. The minimum Gasteiger partial charge on any atom is -0.490 e. The van der Waals surface area contributed by atoms with E-state index in [1.165, 1.54) is 11.3 Å². The van der Waals surface area contributed by atoms with E-state index in [2.05, 4.69) is 0 Å². The van der Waals surface area contributed by atoms with Gasteiger partial charge in [-0.1, -0.05) is 24.3 Å². The van der Waals surface area contributed by atoms with E-state index in [9.17, 15) is 4.79 Å². The summed E-state index contributed by atoms with van der Waals surface area (Å²) >= 11 is 1.51. The summed E-state index contributed by atoms with van der Waals surface area (Å²) in [6.45, 7) is 1.54. The molecule has 0 unspecified atom stereocenters. The molecular weight excluding hydrogens is 270 g/mol. The molecule has 0 N–H and O–H groups in total. The predicted molar refractivity (Wildman–Crippen MR) is 80.3 cm³/mol. The molecule has 4 heteroatoms. The highest BCUT2D eigenvalue weighted by molar-refractivity contribution is 7.12. The van der Waals surface area contributed by atoms with Gasteiger partial charge in [0, 0.05) is 25.9 Å². The summed E-state index contributed by atoms with van der Waals surface area (Å²) in [5, 5.41) is 1.94. The van der Waals surface area contributed by atoms with Gasteiger partial charge in [0.1, 0.15) is 11.9 Å². The molecule has 1 aliphatic rings. The number of hydrogen-bond acceptors (Lipinski definition) is 3. The molecule has 0 aliphatic carbocycles. The lowest BCUT2D eigenvalue weighted by molar-refractivity contribution is 0.0600. The standard InChI is InChI=1S/C16H17NO2S/c18-16(15-7-4-12-20-15)17-10-8-14(9-11-17)19-13-5-2-1-3-6-13/h1-7,12,14H,8-11H2. The molecule has 1 amide bonds. The maximum absolute atomic E-state index is 12.2. The Labute approximate surface area is 122 Å². The highest BCUT2D eigenvalue weighted by Crippen LogP contribution is 2.21. The number of thiophene rings is 1. The third kappa shape index (κ3) is 3.02. The maximum atomic E-state index is 12.2. The van der Waals surface area contributed by atoms with Gasteiger partial charge in [0.05, 0.1) is 4.88 Å². The number of benzene rings is 1. The van der Waals surface area contributed by atoms with Crippen LogP contribution in [0.2, 0.25) is 0 Å². The van der Waals surface area contributed by atoms with Crippen LogP contribution >= 0.6 is 11.3 Å². The second kappa shape index (κ2) is 6.09. The molecule has 104 valence electrons. The van der Waals surface area contributed by atoms with Crippen LogP contribution in [0, 0.1) is 0 Å². The van der Waals surface area contributed by atoms with Gasteiger partial charge in [0.25, 0.3) is 5.91 Å². The van der Waals surface area contributed by atoms with Crippen molar-refractivity contribution in [2.24, 2.45) is 0 Å². The van der Waals surface area contributed by atoms with E-state index in [4.69, 9.17) is 4.74 Å². The Morgan fingerprint density at radius 3 is 2.50 bits per heavy atom. The van der Waals surface area contributed by atoms with E-state index in [0.29, 0.717) is 0 Å². The van der Waals surface area contributed by atoms with E-state index in [1.807, 2.05) is 52.7 Å². The van der Waals surface area contributed by atoms with Gasteiger partial charge in [-0.2, -0.15) is 0 Å². The molecule has 0 spiro atoms. The first-order chi connectivity index (χ1) is 9.83. The van der Waals surface area contributed by atoms with Crippen molar-refractivity contribution in [3.05, 3.63) is 52.7 Å². The molecule has 1 fully saturated rings. The summed E-state index contributed by atoms with van der Waals surface area (Å²) in [5.74, 6) is 1.06. The SMILES string of the molecule is O=C(c1cccs1)N1CCC(Oc2ccccc2)CC1. The van der Waals surface area contributed by atoms with Crippen LogP contribution in [0.1, 0.15) is 22.5 Å². The smallest absolute Gasteiger partial charge is 0.263 e. The number of piperidine rings is 1. The van der Waals surface area contributed by atoms with Gasteiger partial charge in [-0.05, 0) is 23.6 Å². The minimum atomic E-state index is 0.151. The van der Waals surface area contributed by atoms with Crippen molar-refractivity contribution in [1.29, 1.82) is 0 Å². The fourth-order valence-electron chi connectivity index (χ4n) is 2.42. The van der Waals surface area contributed by atoms with Gasteiger partial charge in [0.2, 0.25) is 0 Å². The lowest BCUT2D eigenvalue weighted by atomic mass is 10.1. The molecule has 20 heavy (non-hydrogen) atoms. The number of nitrogens with zero attached hydrogens (tertiary/aromatic N) is 1. The van der Waals surface area contributed by atoms with Gasteiger partial charge < -0.3 is 9.64 Å². The lowest BCUT2D eigenvalue weighted by Crippen LogP contribution is -2.41. The number of ether oxygens (including phenoxy) is 1. The number of para-hydroxylation sites is 1. The van der Waals surface area contributed by atoms with Crippen LogP contribution in [0.4, 0.5) is 0 Å². The van der Waals surface area contributed by atoms with E-state index in [-0.39, 0.29) is 12.0 Å². The molecule has 0 bridgehead atoms. The van der Waals surface area contributed by atoms with Crippen molar-refractivity contribution < 1.29 is 9.53 Å². The minimum absolute atomic E-state index is 0.151. The van der Waals surface area contributed by atoms with Gasteiger partial charge in [-0.3, -0.25) is 4.79 Å². The molecule has 0 atom stereocenters. The van der Waals surface area contributed by atoms with Crippen molar-refractivity contribution >= 4 is 17.2 Å². The molecule has 2 heterocycles. The van der Waals surface area contributed by atoms with Gasteiger partial charge in [-0.25, -0.2) is 0 Å². The quantitative estimate of drug-likeness (QED) is 0.865. The van der Waals surface area contributed by atoms with E-state index >= 15 is 0 Å². The van der Waals surface area contributed by atoms with E-state index in [0.717, 1.165) is 36.6 Å². The van der Waals surface area contributed by atoms with Crippen molar-refractivity contribution in [3.8, 4) is 5.75 Å². The zero-order valence-corrected chi connectivity index (χ0v) is 12.0. The third-order valence-corrected chi connectivity index (χ3v) is 4.36. The normalized spacial score (nSPS) is 16.1. The maximum Gasteiger partial charge on any atom is 0.263 e. The average Bonchev–Trinajstić information content (AvgIpc) is 3.03. The van der Waals surface area contributed by atoms with Gasteiger partial charge in [-0.15, -0.1) is 11.3 Å². The highest BCUT2D eigenvalue weighted by Gasteiger charge is 2.24. The molecular formula is C16H17NO2S. The van der Waals surface area contributed by atoms with Crippen molar-refractivity contribution in [1.82, 2.24) is 4.90 Å². The van der Waals surface area contributed by atoms with Crippen LogP contribution in [0.25, 0.3) is 0 Å². The summed E-state index contributed by atoms with van der Waals surface area (Å²) in [7, 11) is 0. The summed E-state index contributed by atoms with van der Waals surface area (Å²) in [6, 6.07) is 13.7. The number of carbonyl (C=O) groups excluding carboxylic acids is 1. The Hall–Kier alpha value is -1.81. The third-order valence-electron chi connectivity index (χ3n) is 3.51. The number of hydrogen-bond donors (Lipinski definition) is 0. The number of likely N-dealkylation sites (tertiary alicyclic amines) is 1. The second-order valence-corrected chi connectivity index (χ2v) is 5.85. The lowest BCUT2D eigenvalue weighted by Gasteiger charge is -2.32. The molecule has 3 nitrogen and oxygen atoms in total. The largest absolute Gasteiger partial charge is 0.490 e. The van der Waals surface area contributed by atoms with Crippen molar-refractivity contribution in [2.75, 3.05) is 13.1 Å². The Morgan fingerprint density at radius 2 is 1.85 bits per heavy atom. The molecule has 0 saturated carbocycles. The molecule has 1 saturated heterocycles. The number of rotatable bonds is 3. The zero-order valence-electron chi connectivity index (χ0n) is 11.2. The van der Waals surface area contributed by atoms with Crippen molar-refractivity contribution in [3.63, 3.8) is 0 Å². The Morgan fingerprint density at radius 1 is 1.10 bits per heavy atom. The van der Waals surface area contributed by atoms with Gasteiger partial charge in [0.15, 0.2) is 0 Å². The monoisotopic (exact) mass is 287 g/mol.